The first-order chi connectivity index (χ1) is 9.20. The van der Waals surface area contributed by atoms with Crippen LogP contribution in [0, 0.1) is 5.92 Å². The van der Waals surface area contributed by atoms with Crippen LogP contribution in [0.25, 0.3) is 0 Å². The van der Waals surface area contributed by atoms with E-state index in [1.807, 2.05) is 6.92 Å². The van der Waals surface area contributed by atoms with Gasteiger partial charge in [0.2, 0.25) is 0 Å². The van der Waals surface area contributed by atoms with E-state index in [2.05, 4.69) is 29.5 Å². The van der Waals surface area contributed by atoms with Gasteiger partial charge >= 0.3 is 0 Å². The molecule has 0 rings (SSSR count). The lowest BCUT2D eigenvalue weighted by atomic mass is 10.1. The Balaban J connectivity index is 0. The second-order valence-corrected chi connectivity index (χ2v) is 4.77. The van der Waals surface area contributed by atoms with Crippen LogP contribution in [0.5, 0.6) is 0 Å². The zero-order chi connectivity index (χ0) is 14.3. The average Bonchev–Trinajstić information content (AvgIpc) is 2.39. The molecule has 0 amide bonds. The predicted octanol–water partition coefficient (Wildman–Crippen LogP) is 2.26. The van der Waals surface area contributed by atoms with Gasteiger partial charge in [-0.1, -0.05) is 13.8 Å². The van der Waals surface area contributed by atoms with Crippen molar-refractivity contribution in [1.29, 1.82) is 0 Å². The van der Waals surface area contributed by atoms with Crippen molar-refractivity contribution in [3.05, 3.63) is 0 Å². The molecule has 0 aliphatic carbocycles. The lowest BCUT2D eigenvalue weighted by molar-refractivity contribution is 0.128. The molecule has 5 nitrogen and oxygen atoms in total. The van der Waals surface area contributed by atoms with Crippen molar-refractivity contribution in [3.63, 3.8) is 0 Å². The monoisotopic (exact) mass is 401 g/mol. The van der Waals surface area contributed by atoms with Gasteiger partial charge in [-0.3, -0.25) is 4.99 Å². The van der Waals surface area contributed by atoms with E-state index < -0.39 is 0 Å². The Morgan fingerprint density at radius 3 is 2.35 bits per heavy atom. The van der Waals surface area contributed by atoms with Crippen LogP contribution < -0.4 is 10.6 Å². The molecule has 0 saturated carbocycles. The van der Waals surface area contributed by atoms with Crippen LogP contribution in [0.4, 0.5) is 0 Å². The van der Waals surface area contributed by atoms with E-state index in [-0.39, 0.29) is 24.0 Å². The number of hydrogen-bond acceptors (Lipinski definition) is 3. The quantitative estimate of drug-likeness (QED) is 0.241. The molecule has 20 heavy (non-hydrogen) atoms. The molecule has 0 aliphatic heterocycles. The molecule has 0 aliphatic rings. The standard InChI is InChI=1S/C14H31N3O2.HI/c1-5-18-10-6-8-16-14(15-4)17-9-12-19-11-7-13(2)3;/h13H,5-12H2,1-4H3,(H2,15,16,17);1H. The molecule has 0 spiro atoms. The highest BCUT2D eigenvalue weighted by atomic mass is 127. The molecule has 122 valence electrons. The predicted molar refractivity (Wildman–Crippen MR) is 96.2 cm³/mol. The fourth-order valence-corrected chi connectivity index (χ4v) is 1.41. The molecule has 0 radical (unpaired) electrons. The molecule has 6 heteroatoms. The molecule has 0 aromatic rings. The minimum Gasteiger partial charge on any atom is -0.382 e. The van der Waals surface area contributed by atoms with E-state index in [0.717, 1.165) is 51.7 Å². The average molecular weight is 401 g/mol. The summed E-state index contributed by atoms with van der Waals surface area (Å²) in [5, 5.41) is 6.46. The molecule has 0 heterocycles. The molecule has 0 aromatic heterocycles. The van der Waals surface area contributed by atoms with Crippen LogP contribution >= 0.6 is 24.0 Å². The maximum atomic E-state index is 5.53. The molecule has 2 N–H and O–H groups in total. The summed E-state index contributed by atoms with van der Waals surface area (Å²) in [6.07, 6.45) is 2.10. The summed E-state index contributed by atoms with van der Waals surface area (Å²) < 4.78 is 10.8. The van der Waals surface area contributed by atoms with E-state index in [0.29, 0.717) is 12.5 Å². The Labute approximate surface area is 141 Å². The SMILES string of the molecule is CCOCCCNC(=NC)NCCOCCC(C)C.I. The van der Waals surface area contributed by atoms with Crippen LogP contribution in [0.2, 0.25) is 0 Å². The highest BCUT2D eigenvalue weighted by molar-refractivity contribution is 14.0. The fourth-order valence-electron chi connectivity index (χ4n) is 1.41. The minimum absolute atomic E-state index is 0. The third-order valence-corrected chi connectivity index (χ3v) is 2.56. The Hall–Kier alpha value is -0.0800. The second kappa shape index (κ2) is 17.0. The largest absolute Gasteiger partial charge is 0.382 e. The number of ether oxygens (including phenoxy) is 2. The number of hydrogen-bond donors (Lipinski definition) is 2. The van der Waals surface area contributed by atoms with Gasteiger partial charge < -0.3 is 20.1 Å². The first-order valence-electron chi connectivity index (χ1n) is 7.30. The Kier molecular flexibility index (Phi) is 18.8. The van der Waals surface area contributed by atoms with Gasteiger partial charge in [-0.2, -0.15) is 0 Å². The maximum absolute atomic E-state index is 5.53. The summed E-state index contributed by atoms with van der Waals surface area (Å²) in [7, 11) is 1.78. The van der Waals surface area contributed by atoms with Crippen LogP contribution in [-0.2, 0) is 9.47 Å². The summed E-state index contributed by atoms with van der Waals surface area (Å²) in [6.45, 7) is 11.2. The summed E-state index contributed by atoms with van der Waals surface area (Å²) in [5.74, 6) is 1.52. The molecule has 0 unspecified atom stereocenters. The topological polar surface area (TPSA) is 54.9 Å². The number of halogens is 1. The van der Waals surface area contributed by atoms with E-state index >= 15 is 0 Å². The first-order valence-corrected chi connectivity index (χ1v) is 7.30. The normalized spacial score (nSPS) is 11.3. The Bertz CT molecular complexity index is 226. The maximum Gasteiger partial charge on any atom is 0.191 e. The van der Waals surface area contributed by atoms with Crippen molar-refractivity contribution >= 4 is 29.9 Å². The summed E-state index contributed by atoms with van der Waals surface area (Å²) in [4.78, 5) is 4.15. The zero-order valence-corrected chi connectivity index (χ0v) is 15.7. The van der Waals surface area contributed by atoms with Gasteiger partial charge in [0.05, 0.1) is 6.61 Å². The summed E-state index contributed by atoms with van der Waals surface area (Å²) >= 11 is 0. The van der Waals surface area contributed by atoms with Crippen molar-refractivity contribution in [2.45, 2.75) is 33.6 Å². The number of guanidine groups is 1. The van der Waals surface area contributed by atoms with Gasteiger partial charge in [0.25, 0.3) is 0 Å². The highest BCUT2D eigenvalue weighted by Gasteiger charge is 1.97. The van der Waals surface area contributed by atoms with Gasteiger partial charge in [0.15, 0.2) is 5.96 Å². The van der Waals surface area contributed by atoms with Gasteiger partial charge in [-0.25, -0.2) is 0 Å². The molecule has 0 bridgehead atoms. The van der Waals surface area contributed by atoms with Gasteiger partial charge in [0, 0.05) is 40.0 Å². The molecule has 0 atom stereocenters. The summed E-state index contributed by atoms with van der Waals surface area (Å²) in [5.41, 5.74) is 0. The number of rotatable bonds is 11. The molecule has 0 fully saturated rings. The van der Waals surface area contributed by atoms with Gasteiger partial charge in [0.1, 0.15) is 0 Å². The minimum atomic E-state index is 0. The lowest BCUT2D eigenvalue weighted by Crippen LogP contribution is -2.39. The smallest absolute Gasteiger partial charge is 0.191 e. The van der Waals surface area contributed by atoms with E-state index in [9.17, 15) is 0 Å². The van der Waals surface area contributed by atoms with Crippen molar-refractivity contribution in [1.82, 2.24) is 10.6 Å². The van der Waals surface area contributed by atoms with Crippen LogP contribution in [-0.4, -0.2) is 52.5 Å². The zero-order valence-electron chi connectivity index (χ0n) is 13.4. The second-order valence-electron chi connectivity index (χ2n) is 4.77. The number of nitrogens with zero attached hydrogens (tertiary/aromatic N) is 1. The van der Waals surface area contributed by atoms with Crippen molar-refractivity contribution < 1.29 is 9.47 Å². The van der Waals surface area contributed by atoms with Crippen molar-refractivity contribution in [3.8, 4) is 0 Å². The Morgan fingerprint density at radius 2 is 1.75 bits per heavy atom. The van der Waals surface area contributed by atoms with Crippen molar-refractivity contribution in [2.75, 3.05) is 46.6 Å². The first kappa shape index (κ1) is 22.2. The van der Waals surface area contributed by atoms with Crippen LogP contribution in [0.3, 0.4) is 0 Å². The third kappa shape index (κ3) is 16.0. The molecular formula is C14H32IN3O2. The third-order valence-electron chi connectivity index (χ3n) is 2.56. The highest BCUT2D eigenvalue weighted by Crippen LogP contribution is 1.98. The van der Waals surface area contributed by atoms with Crippen LogP contribution in [0.1, 0.15) is 33.6 Å². The molecular weight excluding hydrogens is 369 g/mol. The van der Waals surface area contributed by atoms with E-state index in [1.54, 1.807) is 7.05 Å². The van der Waals surface area contributed by atoms with E-state index in [4.69, 9.17) is 9.47 Å². The molecule has 0 saturated heterocycles. The summed E-state index contributed by atoms with van der Waals surface area (Å²) in [6, 6.07) is 0. The van der Waals surface area contributed by atoms with Gasteiger partial charge in [-0.15, -0.1) is 24.0 Å². The van der Waals surface area contributed by atoms with Crippen LogP contribution in [0.15, 0.2) is 4.99 Å². The Morgan fingerprint density at radius 1 is 1.05 bits per heavy atom. The fraction of sp³-hybridized carbons (Fsp3) is 0.929. The number of nitrogens with one attached hydrogen (secondary N) is 2. The van der Waals surface area contributed by atoms with E-state index in [1.165, 1.54) is 0 Å². The molecule has 0 aromatic carbocycles. The number of aliphatic imine (C=N–C) groups is 1. The lowest BCUT2D eigenvalue weighted by Gasteiger charge is -2.12. The van der Waals surface area contributed by atoms with Gasteiger partial charge in [-0.05, 0) is 25.7 Å². The van der Waals surface area contributed by atoms with Crippen molar-refractivity contribution in [2.24, 2.45) is 10.9 Å².